The molecule has 4 aromatic rings. The first-order chi connectivity index (χ1) is 17.0. The molecule has 0 spiro atoms. The minimum atomic E-state index is -0.217. The summed E-state index contributed by atoms with van der Waals surface area (Å²) in [5.74, 6) is -0.239. The van der Waals surface area contributed by atoms with E-state index in [1.165, 1.54) is 10.9 Å². The summed E-state index contributed by atoms with van der Waals surface area (Å²) < 4.78 is 15.4. The number of rotatable bonds is 8. The van der Waals surface area contributed by atoms with Crippen molar-refractivity contribution in [2.45, 2.75) is 44.8 Å². The van der Waals surface area contributed by atoms with Crippen LogP contribution < -0.4 is 10.9 Å². The van der Waals surface area contributed by atoms with Gasteiger partial charge in [-0.3, -0.25) is 15.6 Å². The van der Waals surface area contributed by atoms with E-state index in [1.54, 1.807) is 34.6 Å². The second-order valence-electron chi connectivity index (χ2n) is 9.13. The number of fused-ring (bicyclic) bond motifs is 1. The number of carbonyl (C=O) groups is 1. The zero-order valence-electron chi connectivity index (χ0n) is 19.9. The molecule has 0 bridgehead atoms. The molecular formula is C26H29FN6OS. The highest BCUT2D eigenvalue weighted by Crippen LogP contribution is 2.25. The maximum absolute atomic E-state index is 13.5. The smallest absolute Gasteiger partial charge is 0.254 e. The number of nitrogens with one attached hydrogen (secondary N) is 2. The number of aromatic nitrogens is 3. The molecule has 1 aromatic carbocycles. The van der Waals surface area contributed by atoms with Gasteiger partial charge in [0, 0.05) is 36.2 Å². The molecule has 1 aliphatic rings. The largest absolute Gasteiger partial charge is 0.342 e. The van der Waals surface area contributed by atoms with Gasteiger partial charge in [0.05, 0.1) is 23.7 Å². The normalized spacial score (nSPS) is 17.8. The van der Waals surface area contributed by atoms with Crippen LogP contribution in [-0.2, 0) is 6.54 Å². The molecule has 1 aliphatic heterocycles. The molecule has 3 aromatic heterocycles. The summed E-state index contributed by atoms with van der Waals surface area (Å²) in [6, 6.07) is 13.0. The Kier molecular flexibility index (Phi) is 6.90. The van der Waals surface area contributed by atoms with Gasteiger partial charge in [-0.15, -0.1) is 11.3 Å². The zero-order valence-corrected chi connectivity index (χ0v) is 20.7. The van der Waals surface area contributed by atoms with Crippen LogP contribution in [0.2, 0.25) is 0 Å². The fourth-order valence-corrected chi connectivity index (χ4v) is 5.34. The average molecular weight is 493 g/mol. The molecule has 2 unspecified atom stereocenters. The molecule has 0 saturated carbocycles. The Morgan fingerprint density at radius 1 is 1.26 bits per heavy atom. The number of amides is 1. The zero-order chi connectivity index (χ0) is 24.4. The van der Waals surface area contributed by atoms with Crippen LogP contribution >= 0.6 is 11.3 Å². The molecule has 182 valence electrons. The lowest BCUT2D eigenvalue weighted by molar-refractivity contribution is 0.0793. The molecule has 0 aliphatic carbocycles. The van der Waals surface area contributed by atoms with Gasteiger partial charge in [-0.05, 0) is 61.4 Å². The third-order valence-corrected chi connectivity index (χ3v) is 7.34. The molecule has 35 heavy (non-hydrogen) atoms. The van der Waals surface area contributed by atoms with Crippen molar-refractivity contribution in [1.29, 1.82) is 0 Å². The van der Waals surface area contributed by atoms with Crippen LogP contribution in [0.5, 0.6) is 0 Å². The Balaban J connectivity index is 1.20. The van der Waals surface area contributed by atoms with Crippen molar-refractivity contribution >= 4 is 28.3 Å². The van der Waals surface area contributed by atoms with E-state index >= 15 is 0 Å². The van der Waals surface area contributed by atoms with E-state index in [4.69, 9.17) is 0 Å². The highest BCUT2D eigenvalue weighted by molar-refractivity contribution is 7.09. The highest BCUT2D eigenvalue weighted by atomic mass is 32.1. The van der Waals surface area contributed by atoms with Gasteiger partial charge in [0.2, 0.25) is 0 Å². The standard InChI is InChI=1S/C26H29FN6OS/c1-17-12-22(23-15-28-33(25(23)29-17)16-21-9-5-11-35-21)26(34)32(2)10-4-8-20-14-24(31-30-20)18-6-3-7-19(27)13-18/h3,5-7,9,11-13,15,20,24,30-31H,4,8,10,14,16H2,1-2H3. The molecule has 1 fully saturated rings. The molecule has 7 nitrogen and oxygen atoms in total. The number of carbonyl (C=O) groups excluding carboxylic acids is 1. The Hall–Kier alpha value is -3.14. The molecule has 9 heteroatoms. The van der Waals surface area contributed by atoms with Crippen LogP contribution in [0.1, 0.15) is 51.8 Å². The number of hydrogen-bond acceptors (Lipinski definition) is 6. The number of benzene rings is 1. The average Bonchev–Trinajstić information content (AvgIpc) is 3.61. The Bertz CT molecular complexity index is 1320. The Morgan fingerprint density at radius 2 is 2.14 bits per heavy atom. The van der Waals surface area contributed by atoms with Gasteiger partial charge in [-0.2, -0.15) is 5.10 Å². The van der Waals surface area contributed by atoms with E-state index in [0.717, 1.165) is 41.6 Å². The van der Waals surface area contributed by atoms with Gasteiger partial charge in [0.25, 0.3) is 5.91 Å². The lowest BCUT2D eigenvalue weighted by Gasteiger charge is -2.19. The Labute approximate surface area is 207 Å². The molecule has 2 N–H and O–H groups in total. The summed E-state index contributed by atoms with van der Waals surface area (Å²) in [6.07, 6.45) is 4.41. The van der Waals surface area contributed by atoms with E-state index < -0.39 is 0 Å². The number of hydrazine groups is 1. The van der Waals surface area contributed by atoms with Gasteiger partial charge in [-0.25, -0.2) is 14.1 Å². The maximum Gasteiger partial charge on any atom is 0.254 e. The monoisotopic (exact) mass is 492 g/mol. The van der Waals surface area contributed by atoms with Crippen molar-refractivity contribution in [2.24, 2.45) is 0 Å². The van der Waals surface area contributed by atoms with E-state index in [1.807, 2.05) is 42.2 Å². The predicted octanol–water partition coefficient (Wildman–Crippen LogP) is 4.45. The third kappa shape index (κ3) is 5.27. The summed E-state index contributed by atoms with van der Waals surface area (Å²) in [6.45, 7) is 3.19. The van der Waals surface area contributed by atoms with Gasteiger partial charge in [-0.1, -0.05) is 18.2 Å². The van der Waals surface area contributed by atoms with Crippen LogP contribution in [0.3, 0.4) is 0 Å². The summed E-state index contributed by atoms with van der Waals surface area (Å²) in [5.41, 5.74) is 9.71. The summed E-state index contributed by atoms with van der Waals surface area (Å²) in [4.78, 5) is 21.0. The van der Waals surface area contributed by atoms with Crippen molar-refractivity contribution in [3.8, 4) is 0 Å². The van der Waals surface area contributed by atoms with E-state index in [2.05, 4.69) is 27.0 Å². The molecule has 1 amide bonds. The molecule has 0 radical (unpaired) electrons. The van der Waals surface area contributed by atoms with Crippen molar-refractivity contribution < 1.29 is 9.18 Å². The van der Waals surface area contributed by atoms with Gasteiger partial charge < -0.3 is 4.90 Å². The number of hydrogen-bond donors (Lipinski definition) is 2. The fourth-order valence-electron chi connectivity index (χ4n) is 4.65. The molecule has 2 atom stereocenters. The van der Waals surface area contributed by atoms with Gasteiger partial charge in [0.1, 0.15) is 5.82 Å². The Morgan fingerprint density at radius 3 is 2.94 bits per heavy atom. The van der Waals surface area contributed by atoms with Crippen molar-refractivity contribution in [1.82, 2.24) is 30.5 Å². The number of halogens is 1. The first kappa shape index (κ1) is 23.6. The lowest BCUT2D eigenvalue weighted by atomic mass is 9.99. The second-order valence-corrected chi connectivity index (χ2v) is 10.2. The number of pyridine rings is 1. The SMILES string of the molecule is Cc1cc(C(=O)N(C)CCCC2CC(c3cccc(F)c3)NN2)c2cnn(Cc3cccs3)c2n1. The molecule has 1 saturated heterocycles. The van der Waals surface area contributed by atoms with Crippen LogP contribution in [0.25, 0.3) is 11.0 Å². The number of aryl methyl sites for hydroxylation is 1. The van der Waals surface area contributed by atoms with Gasteiger partial charge >= 0.3 is 0 Å². The maximum atomic E-state index is 13.5. The quantitative estimate of drug-likeness (QED) is 0.380. The van der Waals surface area contributed by atoms with Crippen molar-refractivity contribution in [3.05, 3.63) is 81.6 Å². The predicted molar refractivity (Wildman–Crippen MR) is 136 cm³/mol. The molecule has 5 rings (SSSR count). The minimum absolute atomic E-state index is 0.0219. The lowest BCUT2D eigenvalue weighted by Crippen LogP contribution is -2.32. The minimum Gasteiger partial charge on any atom is -0.342 e. The highest BCUT2D eigenvalue weighted by Gasteiger charge is 2.25. The fraction of sp³-hybridized carbons (Fsp3) is 0.346. The van der Waals surface area contributed by atoms with Crippen LogP contribution in [-0.4, -0.2) is 45.2 Å². The van der Waals surface area contributed by atoms with Crippen LogP contribution in [0, 0.1) is 12.7 Å². The summed E-state index contributed by atoms with van der Waals surface area (Å²) in [5, 5.41) is 7.34. The van der Waals surface area contributed by atoms with Crippen LogP contribution in [0.15, 0.2) is 54.0 Å². The summed E-state index contributed by atoms with van der Waals surface area (Å²) >= 11 is 1.68. The van der Waals surface area contributed by atoms with Crippen molar-refractivity contribution in [2.75, 3.05) is 13.6 Å². The molecular weight excluding hydrogens is 463 g/mol. The first-order valence-corrected chi connectivity index (χ1v) is 12.7. The third-order valence-electron chi connectivity index (χ3n) is 6.48. The van der Waals surface area contributed by atoms with Gasteiger partial charge in [0.15, 0.2) is 5.65 Å². The second kappa shape index (κ2) is 10.2. The van der Waals surface area contributed by atoms with Crippen molar-refractivity contribution in [3.63, 3.8) is 0 Å². The molecule has 4 heterocycles. The first-order valence-electron chi connectivity index (χ1n) is 11.9. The summed E-state index contributed by atoms with van der Waals surface area (Å²) in [7, 11) is 1.84. The van der Waals surface area contributed by atoms with E-state index in [-0.39, 0.29) is 23.8 Å². The van der Waals surface area contributed by atoms with E-state index in [9.17, 15) is 9.18 Å². The van der Waals surface area contributed by atoms with E-state index in [0.29, 0.717) is 18.7 Å². The van der Waals surface area contributed by atoms with Crippen LogP contribution in [0.4, 0.5) is 4.39 Å². The number of thiophene rings is 1. The number of nitrogens with zero attached hydrogens (tertiary/aromatic N) is 4. The topological polar surface area (TPSA) is 75.1 Å².